The minimum atomic E-state index is -0.643. The highest BCUT2D eigenvalue weighted by atomic mass is 19.1. The second kappa shape index (κ2) is 8.06. The van der Waals surface area contributed by atoms with E-state index in [4.69, 9.17) is 0 Å². The summed E-state index contributed by atoms with van der Waals surface area (Å²) in [6.45, 7) is 11.6. The molecule has 0 aliphatic heterocycles. The predicted octanol–water partition coefficient (Wildman–Crippen LogP) is 5.29. The fourth-order valence-corrected chi connectivity index (χ4v) is 2.80. The largest absolute Gasteiger partial charge is 0.294 e. The molecule has 1 aliphatic carbocycles. The van der Waals surface area contributed by atoms with E-state index in [0.29, 0.717) is 16.7 Å². The van der Waals surface area contributed by atoms with Crippen LogP contribution in [0.1, 0.15) is 69.3 Å². The van der Waals surface area contributed by atoms with Crippen LogP contribution < -0.4 is 0 Å². The van der Waals surface area contributed by atoms with Crippen LogP contribution in [-0.4, -0.2) is 10.8 Å². The molecule has 116 valence electrons. The Kier molecular flexibility index (Phi) is 6.73. The fraction of sp³-hybridized carbons (Fsp3) is 0.556. The first kappa shape index (κ1) is 17.5. The molecule has 3 heteroatoms. The summed E-state index contributed by atoms with van der Waals surface area (Å²) in [5.74, 6) is 1.20. The van der Waals surface area contributed by atoms with Crippen molar-refractivity contribution in [3.8, 4) is 0 Å². The molecule has 2 nitrogen and oxygen atoms in total. The first-order chi connectivity index (χ1) is 9.81. The van der Waals surface area contributed by atoms with Crippen LogP contribution in [0.4, 0.5) is 4.39 Å². The quantitative estimate of drug-likeness (QED) is 0.547. The van der Waals surface area contributed by atoms with Gasteiger partial charge in [0.2, 0.25) is 5.95 Å². The Morgan fingerprint density at radius 1 is 1.24 bits per heavy atom. The number of hydrogen-bond acceptors (Lipinski definition) is 2. The van der Waals surface area contributed by atoms with Gasteiger partial charge in [-0.05, 0) is 37.7 Å². The Bertz CT molecular complexity index is 502. The molecule has 0 saturated heterocycles. The minimum Gasteiger partial charge on any atom is -0.294 e. The highest BCUT2D eigenvalue weighted by Crippen LogP contribution is 2.27. The fourth-order valence-electron chi connectivity index (χ4n) is 2.80. The molecule has 1 aromatic heterocycles. The lowest BCUT2D eigenvalue weighted by Crippen LogP contribution is -2.09. The van der Waals surface area contributed by atoms with Crippen LogP contribution in [0, 0.1) is 17.8 Å². The summed E-state index contributed by atoms with van der Waals surface area (Å²) in [6, 6.07) is 1.13. The van der Waals surface area contributed by atoms with E-state index in [2.05, 4.69) is 25.4 Å². The van der Waals surface area contributed by atoms with Crippen molar-refractivity contribution >= 4 is 11.4 Å². The van der Waals surface area contributed by atoms with Crippen LogP contribution in [0.15, 0.2) is 18.8 Å². The molecule has 1 aromatic rings. The Morgan fingerprint density at radius 2 is 1.81 bits per heavy atom. The predicted molar refractivity (Wildman–Crippen MR) is 85.7 cm³/mol. The number of allylic oxidation sites excluding steroid dienone is 1. The van der Waals surface area contributed by atoms with E-state index in [1.54, 1.807) is 6.92 Å². The van der Waals surface area contributed by atoms with Gasteiger partial charge < -0.3 is 0 Å². The molecule has 21 heavy (non-hydrogen) atoms. The molecule has 1 heterocycles. The maximum Gasteiger partial charge on any atom is 0.213 e. The average molecular weight is 291 g/mol. The summed E-state index contributed by atoms with van der Waals surface area (Å²) in [5, 5.41) is 0. The molecule has 0 N–H and O–H groups in total. The van der Waals surface area contributed by atoms with Gasteiger partial charge in [0.05, 0.1) is 0 Å². The van der Waals surface area contributed by atoms with E-state index in [1.807, 2.05) is 0 Å². The topological polar surface area (TPSA) is 30.0 Å². The van der Waals surface area contributed by atoms with Gasteiger partial charge in [-0.3, -0.25) is 4.79 Å². The maximum absolute atomic E-state index is 12.7. The van der Waals surface area contributed by atoms with Gasteiger partial charge in [0, 0.05) is 23.4 Å². The molecule has 0 aromatic carbocycles. The molecular weight excluding hydrogens is 265 g/mol. The van der Waals surface area contributed by atoms with Gasteiger partial charge in [0.15, 0.2) is 5.78 Å². The molecule has 0 spiro atoms. The van der Waals surface area contributed by atoms with Gasteiger partial charge in [-0.1, -0.05) is 39.7 Å². The average Bonchev–Trinajstić information content (AvgIpc) is 2.38. The highest BCUT2D eigenvalue weighted by Gasteiger charge is 2.13. The smallest absolute Gasteiger partial charge is 0.213 e. The summed E-state index contributed by atoms with van der Waals surface area (Å²) in [5.41, 5.74) is 1.65. The summed E-state index contributed by atoms with van der Waals surface area (Å²) in [4.78, 5) is 14.6. The monoisotopic (exact) mass is 291 g/mol. The SMILES string of the molecule is C=C(C)c1cnc(F)cc1C(C)=O.CC1CCCC(C)C1. The second-order valence-electron chi connectivity index (χ2n) is 6.27. The number of ketones is 1. The molecule has 0 radical (unpaired) electrons. The van der Waals surface area contributed by atoms with E-state index in [9.17, 15) is 9.18 Å². The Balaban J connectivity index is 0.000000235. The summed E-state index contributed by atoms with van der Waals surface area (Å²) in [7, 11) is 0. The summed E-state index contributed by atoms with van der Waals surface area (Å²) in [6.07, 6.45) is 7.23. The summed E-state index contributed by atoms with van der Waals surface area (Å²) >= 11 is 0. The van der Waals surface area contributed by atoms with E-state index in [0.717, 1.165) is 17.9 Å². The number of pyridine rings is 1. The third-order valence-electron chi connectivity index (χ3n) is 3.91. The zero-order chi connectivity index (χ0) is 16.0. The minimum absolute atomic E-state index is 0.181. The van der Waals surface area contributed by atoms with E-state index >= 15 is 0 Å². The van der Waals surface area contributed by atoms with Crippen LogP contribution >= 0.6 is 0 Å². The van der Waals surface area contributed by atoms with Crippen molar-refractivity contribution in [3.63, 3.8) is 0 Å². The number of carbonyl (C=O) groups excluding carboxylic acids is 1. The van der Waals surface area contributed by atoms with Crippen molar-refractivity contribution in [1.29, 1.82) is 0 Å². The molecule has 2 rings (SSSR count). The molecule has 2 unspecified atom stereocenters. The van der Waals surface area contributed by atoms with Crippen LogP contribution in [-0.2, 0) is 0 Å². The first-order valence-electron chi connectivity index (χ1n) is 7.63. The maximum atomic E-state index is 12.7. The number of Topliss-reactive ketones (excluding diaryl/α,β-unsaturated/α-hetero) is 1. The molecule has 1 fully saturated rings. The molecule has 2 atom stereocenters. The van der Waals surface area contributed by atoms with Crippen LogP contribution in [0.2, 0.25) is 0 Å². The third kappa shape index (κ3) is 5.78. The van der Waals surface area contributed by atoms with Crippen molar-refractivity contribution in [2.45, 2.75) is 53.4 Å². The Hall–Kier alpha value is -1.51. The lowest BCUT2D eigenvalue weighted by atomic mass is 9.84. The number of aromatic nitrogens is 1. The van der Waals surface area contributed by atoms with Gasteiger partial charge in [0.25, 0.3) is 0 Å². The highest BCUT2D eigenvalue weighted by molar-refractivity contribution is 5.98. The number of rotatable bonds is 2. The Labute approximate surface area is 127 Å². The lowest BCUT2D eigenvalue weighted by molar-refractivity contribution is 0.101. The van der Waals surface area contributed by atoms with Crippen LogP contribution in [0.25, 0.3) is 5.57 Å². The summed E-state index contributed by atoms with van der Waals surface area (Å²) < 4.78 is 12.7. The standard InChI is InChI=1S/C10H10FNO.C8H16/c1-6(2)9-5-12-10(11)4-8(9)7(3)13;1-7-4-3-5-8(2)6-7/h4-5H,1H2,2-3H3;7-8H,3-6H2,1-2H3. The molecule has 1 saturated carbocycles. The van der Waals surface area contributed by atoms with Gasteiger partial charge in [-0.25, -0.2) is 4.98 Å². The number of carbonyl (C=O) groups is 1. The van der Waals surface area contributed by atoms with Crippen molar-refractivity contribution in [2.24, 2.45) is 11.8 Å². The van der Waals surface area contributed by atoms with Gasteiger partial charge >= 0.3 is 0 Å². The van der Waals surface area contributed by atoms with Crippen molar-refractivity contribution < 1.29 is 9.18 Å². The van der Waals surface area contributed by atoms with Crippen molar-refractivity contribution in [1.82, 2.24) is 4.98 Å². The molecule has 0 bridgehead atoms. The zero-order valence-corrected chi connectivity index (χ0v) is 13.6. The van der Waals surface area contributed by atoms with Crippen molar-refractivity contribution in [2.75, 3.05) is 0 Å². The molecular formula is C18H26FNO. The van der Waals surface area contributed by atoms with Gasteiger partial charge in [0.1, 0.15) is 0 Å². The van der Waals surface area contributed by atoms with E-state index < -0.39 is 5.95 Å². The normalized spacial score (nSPS) is 21.2. The van der Waals surface area contributed by atoms with Crippen LogP contribution in [0.3, 0.4) is 0 Å². The number of hydrogen-bond donors (Lipinski definition) is 0. The van der Waals surface area contributed by atoms with E-state index in [-0.39, 0.29) is 5.78 Å². The number of nitrogens with zero attached hydrogens (tertiary/aromatic N) is 1. The molecule has 1 aliphatic rings. The first-order valence-corrected chi connectivity index (χ1v) is 7.63. The molecule has 0 amide bonds. The third-order valence-corrected chi connectivity index (χ3v) is 3.91. The zero-order valence-electron chi connectivity index (χ0n) is 13.6. The van der Waals surface area contributed by atoms with Crippen molar-refractivity contribution in [3.05, 3.63) is 35.9 Å². The number of halogens is 1. The van der Waals surface area contributed by atoms with Crippen LogP contribution in [0.5, 0.6) is 0 Å². The van der Waals surface area contributed by atoms with E-state index in [1.165, 1.54) is 38.8 Å². The second-order valence-corrected chi connectivity index (χ2v) is 6.27. The Morgan fingerprint density at radius 3 is 2.19 bits per heavy atom. The lowest BCUT2D eigenvalue weighted by Gasteiger charge is -2.22. The van der Waals surface area contributed by atoms with Gasteiger partial charge in [-0.15, -0.1) is 0 Å². The van der Waals surface area contributed by atoms with Gasteiger partial charge in [-0.2, -0.15) is 4.39 Å².